The fourth-order valence-corrected chi connectivity index (χ4v) is 2.34. The Kier molecular flexibility index (Phi) is 13.8. The van der Waals surface area contributed by atoms with E-state index < -0.39 is 0 Å². The first kappa shape index (κ1) is 29.2. The minimum atomic E-state index is -0.162. The van der Waals surface area contributed by atoms with E-state index in [-0.39, 0.29) is 45.4 Å². The van der Waals surface area contributed by atoms with Gasteiger partial charge in [-0.05, 0) is 63.9 Å². The van der Waals surface area contributed by atoms with E-state index in [1.54, 1.807) is 37.6 Å². The maximum atomic E-state index is 11.0. The van der Waals surface area contributed by atoms with Crippen molar-refractivity contribution in [1.82, 2.24) is 28.4 Å². The number of Topliss-reactive ketones (excluding diaryl/α,β-unsaturated/α-hetero) is 1. The van der Waals surface area contributed by atoms with Crippen molar-refractivity contribution in [2.45, 2.75) is 39.2 Å². The van der Waals surface area contributed by atoms with Crippen molar-refractivity contribution < 1.29 is 35.2 Å². The van der Waals surface area contributed by atoms with E-state index in [0.717, 1.165) is 12.8 Å². The molecule has 3 aromatic rings. The average molecular weight is 604 g/mol. The first-order chi connectivity index (χ1) is 14.9. The number of hydrogen-bond acceptors (Lipinski definition) is 5. The normalized spacial score (nSPS) is 12.2. The van der Waals surface area contributed by atoms with Crippen molar-refractivity contribution in [1.29, 1.82) is 0 Å². The van der Waals surface area contributed by atoms with E-state index >= 15 is 0 Å². The van der Waals surface area contributed by atoms with Gasteiger partial charge in [0.25, 0.3) is 0 Å². The second-order valence-electron chi connectivity index (χ2n) is 7.41. The maximum absolute atomic E-state index is 11.0. The van der Waals surface area contributed by atoms with Crippen LogP contribution in [0.4, 0.5) is 0 Å². The quantitative estimate of drug-likeness (QED) is 0.191. The van der Waals surface area contributed by atoms with Crippen molar-refractivity contribution in [2.75, 3.05) is 0 Å². The molecule has 1 radical (unpaired) electrons. The predicted octanol–water partition coefficient (Wildman–Crippen LogP) is 1.84. The molecule has 0 atom stereocenters. The largest absolute Gasteiger partial charge is 0.498 e. The van der Waals surface area contributed by atoms with Gasteiger partial charge in [0, 0.05) is 45.2 Å². The average Bonchev–Trinajstić information content (AvgIpc) is 3.21. The van der Waals surface area contributed by atoms with Gasteiger partial charge in [-0.2, -0.15) is 0 Å². The van der Waals surface area contributed by atoms with Crippen LogP contribution in [-0.2, 0) is 35.2 Å². The molecule has 0 aromatic carbocycles. The summed E-state index contributed by atoms with van der Waals surface area (Å²) in [4.78, 5) is 27.2. The predicted molar refractivity (Wildman–Crippen MR) is 111 cm³/mol. The summed E-state index contributed by atoms with van der Waals surface area (Å²) in [7, 11) is -0.0486. The summed E-state index contributed by atoms with van der Waals surface area (Å²) in [5.74, 6) is 0.334. The van der Waals surface area contributed by atoms with E-state index in [4.69, 9.17) is 9.30 Å². The number of imidazole rings is 3. The molecule has 3 heterocycles. The standard InChI is InChI=1S/C9H9BN6.C9H14NO.2CO.W/c1-4-14(7-11-1)10(15-5-2-12-8-15)16-6-3-13-9-16;1-9(2,3)10-6-8(11)7-4-5-7;2*1-2;/h1-9H;7H,4-5H2,1-3H3;;;/q2*-1;;;. The van der Waals surface area contributed by atoms with Crippen molar-refractivity contribution >= 4 is 19.1 Å². The number of carbonyl (C=O) groups excluding carboxylic acids is 1. The number of aliphatic imine (C=N–C) groups is 1. The van der Waals surface area contributed by atoms with Gasteiger partial charge in [-0.25, -0.2) is 15.0 Å². The van der Waals surface area contributed by atoms with Crippen LogP contribution in [0, 0.1) is 19.2 Å². The van der Waals surface area contributed by atoms with Crippen LogP contribution in [0.1, 0.15) is 33.6 Å². The smallest absolute Gasteiger partial charge is 0.205 e. The fourth-order valence-electron chi connectivity index (χ4n) is 2.34. The number of hydrogen-bond donors (Lipinski definition) is 0. The topological polar surface area (TPSA) is 123 Å². The fraction of sp³-hybridized carbons (Fsp3) is 0.350. The molecule has 1 saturated carbocycles. The maximum Gasteiger partial charge on any atom is 0.205 e. The molecule has 0 spiro atoms. The number of rotatable bonds is 5. The van der Waals surface area contributed by atoms with E-state index in [9.17, 15) is 4.79 Å². The molecule has 1 fully saturated rings. The van der Waals surface area contributed by atoms with E-state index in [2.05, 4.69) is 39.5 Å². The van der Waals surface area contributed by atoms with E-state index in [1.807, 2.05) is 52.8 Å². The third-order valence-electron chi connectivity index (χ3n) is 3.82. The summed E-state index contributed by atoms with van der Waals surface area (Å²) >= 11 is 0. The van der Waals surface area contributed by atoms with E-state index in [0.29, 0.717) is 0 Å². The molecule has 0 bridgehead atoms. The zero-order chi connectivity index (χ0) is 23.3. The van der Waals surface area contributed by atoms with Gasteiger partial charge >= 0.3 is 22.6 Å². The van der Waals surface area contributed by atoms with Crippen molar-refractivity contribution in [3.63, 3.8) is 0 Å². The first-order valence-electron chi connectivity index (χ1n) is 9.29. The van der Waals surface area contributed by atoms with Crippen molar-refractivity contribution in [3.05, 3.63) is 69.5 Å². The van der Waals surface area contributed by atoms with Gasteiger partial charge < -0.3 is 29.4 Å². The third kappa shape index (κ3) is 10.0. The van der Waals surface area contributed by atoms with Crippen molar-refractivity contribution in [2.24, 2.45) is 10.9 Å². The molecule has 12 heteroatoms. The van der Waals surface area contributed by atoms with Gasteiger partial charge in [-0.3, -0.25) is 0 Å². The Labute approximate surface area is 202 Å². The van der Waals surface area contributed by atoms with Crippen LogP contribution in [0.5, 0.6) is 0 Å². The van der Waals surface area contributed by atoms with Crippen molar-refractivity contribution in [3.8, 4) is 0 Å². The van der Waals surface area contributed by atoms with E-state index in [1.165, 1.54) is 0 Å². The number of nitrogens with zero attached hydrogens (tertiary/aromatic N) is 7. The van der Waals surface area contributed by atoms with Gasteiger partial charge in [0.2, 0.25) is 7.12 Å². The molecule has 32 heavy (non-hydrogen) atoms. The monoisotopic (exact) mass is 604 g/mol. The Morgan fingerprint density at radius 1 is 0.938 bits per heavy atom. The summed E-state index contributed by atoms with van der Waals surface area (Å²) < 4.78 is 20.9. The molecule has 0 N–H and O–H groups in total. The van der Waals surface area contributed by atoms with Crippen LogP contribution in [0.15, 0.2) is 61.2 Å². The van der Waals surface area contributed by atoms with Crippen LogP contribution in [0.2, 0.25) is 0 Å². The number of aromatic nitrogens is 6. The van der Waals surface area contributed by atoms with Crippen LogP contribution in [0.25, 0.3) is 0 Å². The summed E-state index contributed by atoms with van der Waals surface area (Å²) in [6.45, 7) is 14.9. The molecule has 167 valence electrons. The molecule has 0 amide bonds. The molecule has 0 aliphatic heterocycles. The molecular formula is C20H23BN7O3W-2. The molecular weight excluding hydrogens is 581 g/mol. The van der Waals surface area contributed by atoms with Gasteiger partial charge in [-0.1, -0.05) is 0 Å². The second-order valence-corrected chi connectivity index (χ2v) is 7.41. The minimum absolute atomic E-state index is 0. The zero-order valence-electron chi connectivity index (χ0n) is 18.0. The molecule has 1 aliphatic carbocycles. The Balaban J connectivity index is 0.000000532. The Bertz CT molecular complexity index is 855. The van der Waals surface area contributed by atoms with Gasteiger partial charge in [0.05, 0.1) is 19.0 Å². The van der Waals surface area contributed by atoms with Gasteiger partial charge in [-0.15, -0.1) is 0 Å². The Morgan fingerprint density at radius 3 is 1.56 bits per heavy atom. The molecule has 0 saturated heterocycles. The SMILES string of the molecule is CC(C)(C)N=[C-]C(=O)C1CC1.[C-]#[O+].[C-]#[O+].[W].c1cn([B-](n2ccnc2)n2ccnc2)cn1. The first-order valence-corrected chi connectivity index (χ1v) is 9.29. The van der Waals surface area contributed by atoms with Crippen LogP contribution < -0.4 is 0 Å². The summed E-state index contributed by atoms with van der Waals surface area (Å²) in [5, 5.41) is 0. The minimum Gasteiger partial charge on any atom is -0.498 e. The molecule has 4 rings (SSSR count). The molecule has 3 aromatic heterocycles. The molecule has 10 nitrogen and oxygen atoms in total. The van der Waals surface area contributed by atoms with Crippen LogP contribution in [-0.4, -0.2) is 53.0 Å². The summed E-state index contributed by atoms with van der Waals surface area (Å²) in [5.41, 5.74) is -0.162. The number of ketones is 1. The Hall–Kier alpha value is -2.80. The third-order valence-corrected chi connectivity index (χ3v) is 3.82. The summed E-state index contributed by atoms with van der Waals surface area (Å²) in [6, 6.07) is 0. The number of carbonyl (C=O) groups is 1. The van der Waals surface area contributed by atoms with Crippen LogP contribution >= 0.6 is 0 Å². The zero-order valence-corrected chi connectivity index (χ0v) is 21.0. The molecule has 1 aliphatic rings. The molecule has 0 unspecified atom stereocenters. The second kappa shape index (κ2) is 15.1. The van der Waals surface area contributed by atoms with Crippen LogP contribution in [0.3, 0.4) is 0 Å². The van der Waals surface area contributed by atoms with Gasteiger partial charge in [0.1, 0.15) is 0 Å². The summed E-state index contributed by atoms with van der Waals surface area (Å²) in [6.07, 6.45) is 20.9. The van der Waals surface area contributed by atoms with Gasteiger partial charge in [0.15, 0.2) is 0 Å². The Morgan fingerprint density at radius 2 is 1.31 bits per heavy atom.